The average molecular weight is 539 g/mol. The molecule has 2 heterocycles. The predicted octanol–water partition coefficient (Wildman–Crippen LogP) is 6.52. The number of urea groups is 1. The highest BCUT2D eigenvalue weighted by molar-refractivity contribution is 6.42. The molecule has 1 unspecified atom stereocenters. The van der Waals surface area contributed by atoms with Gasteiger partial charge in [0, 0.05) is 24.2 Å². The van der Waals surface area contributed by atoms with E-state index in [-0.39, 0.29) is 5.92 Å². The van der Waals surface area contributed by atoms with Gasteiger partial charge < -0.3 is 20.4 Å². The number of amides is 2. The Morgan fingerprint density at radius 1 is 0.944 bits per heavy atom. The van der Waals surface area contributed by atoms with Gasteiger partial charge in [-0.3, -0.25) is 0 Å². The normalized spacial score (nSPS) is 18.7. The highest BCUT2D eigenvalue weighted by Gasteiger charge is 2.26. The third-order valence-electron chi connectivity index (χ3n) is 7.36. The maximum Gasteiger partial charge on any atom is 0.319 e. The molecule has 0 bridgehead atoms. The minimum absolute atomic E-state index is 0.153. The second-order valence-electron chi connectivity index (χ2n) is 9.79. The van der Waals surface area contributed by atoms with Crippen molar-refractivity contribution in [2.24, 2.45) is 0 Å². The molecule has 0 radical (unpaired) electrons. The Kier molecular flexibility index (Phi) is 9.82. The van der Waals surface area contributed by atoms with Crippen molar-refractivity contribution in [1.29, 1.82) is 0 Å². The van der Waals surface area contributed by atoms with E-state index >= 15 is 0 Å². The second-order valence-corrected chi connectivity index (χ2v) is 10.6. The number of benzene rings is 2. The van der Waals surface area contributed by atoms with Gasteiger partial charge in [-0.2, -0.15) is 0 Å². The molecule has 2 saturated heterocycles. The van der Waals surface area contributed by atoms with E-state index in [1.807, 2.05) is 0 Å². The zero-order valence-corrected chi connectivity index (χ0v) is 21.9. The Labute approximate surface area is 222 Å². The fraction of sp³-hybridized carbons (Fsp3) is 0.519. The molecule has 2 aliphatic rings. The zero-order valence-electron chi connectivity index (χ0n) is 20.4. The molecule has 9 heteroatoms. The van der Waals surface area contributed by atoms with Crippen LogP contribution in [0.1, 0.15) is 50.0 Å². The van der Waals surface area contributed by atoms with Gasteiger partial charge in [0.25, 0.3) is 0 Å². The van der Waals surface area contributed by atoms with E-state index in [4.69, 9.17) is 23.2 Å². The Morgan fingerprint density at radius 2 is 1.69 bits per heavy atom. The Bertz CT molecular complexity index is 1030. The van der Waals surface area contributed by atoms with Crippen LogP contribution in [0.3, 0.4) is 0 Å². The van der Waals surface area contributed by atoms with E-state index in [9.17, 15) is 13.6 Å². The Balaban J connectivity index is 1.32. The first-order valence-electron chi connectivity index (χ1n) is 12.8. The van der Waals surface area contributed by atoms with Crippen LogP contribution in [0.4, 0.5) is 19.3 Å². The standard InChI is InChI=1S/C27H34Cl2F2N4O/c28-23-6-5-21(17-24(23)29)33-27(36)32-18-20(19-4-7-25(30)26(31)16-19)8-13-34-14-9-22(10-15-34)35-11-2-1-3-12-35/h4-7,16-17,20,22H,1-3,8-15,18H2,(H2,32,33,36). The minimum Gasteiger partial charge on any atom is -0.337 e. The largest absolute Gasteiger partial charge is 0.337 e. The van der Waals surface area contributed by atoms with Crippen LogP contribution >= 0.6 is 23.2 Å². The SMILES string of the molecule is O=C(NCC(CCN1CCC(N2CCCCC2)CC1)c1ccc(F)c(F)c1)Nc1ccc(Cl)c(Cl)c1. The van der Waals surface area contributed by atoms with Crippen molar-refractivity contribution in [2.75, 3.05) is 44.6 Å². The lowest BCUT2D eigenvalue weighted by Gasteiger charge is -2.40. The van der Waals surface area contributed by atoms with E-state index in [1.54, 1.807) is 24.3 Å². The molecule has 2 fully saturated rings. The topological polar surface area (TPSA) is 47.6 Å². The number of carbonyl (C=O) groups excluding carboxylic acids is 1. The minimum atomic E-state index is -0.875. The number of likely N-dealkylation sites (tertiary alicyclic amines) is 2. The van der Waals surface area contributed by atoms with Crippen molar-refractivity contribution in [3.8, 4) is 0 Å². The second kappa shape index (κ2) is 13.0. The molecule has 2 aromatic carbocycles. The maximum atomic E-state index is 14.0. The quantitative estimate of drug-likeness (QED) is 0.402. The van der Waals surface area contributed by atoms with Crippen LogP contribution in [0.25, 0.3) is 0 Å². The van der Waals surface area contributed by atoms with Gasteiger partial charge >= 0.3 is 6.03 Å². The van der Waals surface area contributed by atoms with E-state index in [1.165, 1.54) is 51.3 Å². The Morgan fingerprint density at radius 3 is 2.39 bits per heavy atom. The zero-order chi connectivity index (χ0) is 25.5. The number of rotatable bonds is 8. The number of hydrogen-bond donors (Lipinski definition) is 2. The van der Waals surface area contributed by atoms with Crippen molar-refractivity contribution in [3.05, 3.63) is 63.6 Å². The highest BCUT2D eigenvalue weighted by Crippen LogP contribution is 2.26. The summed E-state index contributed by atoms with van der Waals surface area (Å²) in [6.07, 6.45) is 7.02. The molecule has 2 amide bonds. The molecule has 0 aliphatic carbocycles. The summed E-state index contributed by atoms with van der Waals surface area (Å²) in [6, 6.07) is 9.11. The summed E-state index contributed by atoms with van der Waals surface area (Å²) < 4.78 is 27.6. The molecule has 0 spiro atoms. The summed E-state index contributed by atoms with van der Waals surface area (Å²) in [5.74, 6) is -1.90. The van der Waals surface area contributed by atoms with E-state index in [2.05, 4.69) is 20.4 Å². The van der Waals surface area contributed by atoms with Gasteiger partial charge in [0.15, 0.2) is 11.6 Å². The van der Waals surface area contributed by atoms with Crippen LogP contribution in [-0.2, 0) is 0 Å². The molecule has 36 heavy (non-hydrogen) atoms. The third-order valence-corrected chi connectivity index (χ3v) is 8.10. The summed E-state index contributed by atoms with van der Waals surface area (Å²) in [4.78, 5) is 17.6. The molecule has 2 aliphatic heterocycles. The molecule has 2 aromatic rings. The molecule has 2 N–H and O–H groups in total. The molecule has 196 valence electrons. The van der Waals surface area contributed by atoms with Crippen LogP contribution < -0.4 is 10.6 Å². The van der Waals surface area contributed by atoms with Crippen LogP contribution in [0.5, 0.6) is 0 Å². The summed E-state index contributed by atoms with van der Waals surface area (Å²) in [6.45, 7) is 5.65. The van der Waals surface area contributed by atoms with Crippen molar-refractivity contribution < 1.29 is 13.6 Å². The molecular weight excluding hydrogens is 505 g/mol. The number of halogens is 4. The average Bonchev–Trinajstić information content (AvgIpc) is 2.89. The number of hydrogen-bond acceptors (Lipinski definition) is 3. The number of carbonyl (C=O) groups is 1. The molecule has 1 atom stereocenters. The van der Waals surface area contributed by atoms with E-state index < -0.39 is 17.7 Å². The fourth-order valence-corrected chi connectivity index (χ4v) is 5.55. The van der Waals surface area contributed by atoms with Crippen LogP contribution in [0, 0.1) is 11.6 Å². The van der Waals surface area contributed by atoms with Gasteiger partial charge in [-0.1, -0.05) is 35.7 Å². The summed E-state index contributed by atoms with van der Waals surface area (Å²) in [5, 5.41) is 6.35. The first-order chi connectivity index (χ1) is 17.4. The van der Waals surface area contributed by atoms with Crippen molar-refractivity contribution in [1.82, 2.24) is 15.1 Å². The molecule has 4 rings (SSSR count). The lowest BCUT2D eigenvalue weighted by Crippen LogP contribution is -2.47. The smallest absolute Gasteiger partial charge is 0.319 e. The molecule has 5 nitrogen and oxygen atoms in total. The monoisotopic (exact) mass is 538 g/mol. The predicted molar refractivity (Wildman–Crippen MR) is 142 cm³/mol. The first-order valence-corrected chi connectivity index (χ1v) is 13.6. The van der Waals surface area contributed by atoms with Crippen molar-refractivity contribution in [3.63, 3.8) is 0 Å². The van der Waals surface area contributed by atoms with Crippen LogP contribution in [0.15, 0.2) is 36.4 Å². The molecule has 0 saturated carbocycles. The van der Waals surface area contributed by atoms with E-state index in [0.717, 1.165) is 32.1 Å². The molecule has 0 aromatic heterocycles. The van der Waals surface area contributed by atoms with Crippen molar-refractivity contribution in [2.45, 2.75) is 50.5 Å². The number of piperidine rings is 2. The highest BCUT2D eigenvalue weighted by atomic mass is 35.5. The summed E-state index contributed by atoms with van der Waals surface area (Å²) in [5.41, 5.74) is 1.19. The van der Waals surface area contributed by atoms with E-state index in [0.29, 0.717) is 33.9 Å². The lowest BCUT2D eigenvalue weighted by molar-refractivity contribution is 0.0912. The first kappa shape index (κ1) is 27.1. The van der Waals surface area contributed by atoms with Gasteiger partial charge in [0.05, 0.1) is 10.0 Å². The third kappa shape index (κ3) is 7.54. The fourth-order valence-electron chi connectivity index (χ4n) is 5.25. The van der Waals surface area contributed by atoms with Crippen LogP contribution in [-0.4, -0.2) is 61.1 Å². The van der Waals surface area contributed by atoms with Crippen LogP contribution in [0.2, 0.25) is 10.0 Å². The summed E-state index contributed by atoms with van der Waals surface area (Å²) >= 11 is 12.0. The molecular formula is C27H34Cl2F2N4O. The van der Waals surface area contributed by atoms with Gasteiger partial charge in [0.1, 0.15) is 0 Å². The summed E-state index contributed by atoms with van der Waals surface area (Å²) in [7, 11) is 0. The van der Waals surface area contributed by atoms with Gasteiger partial charge in [0.2, 0.25) is 0 Å². The number of nitrogens with zero attached hydrogens (tertiary/aromatic N) is 2. The van der Waals surface area contributed by atoms with Gasteiger partial charge in [-0.25, -0.2) is 13.6 Å². The maximum absolute atomic E-state index is 14.0. The number of nitrogens with one attached hydrogen (secondary N) is 2. The van der Waals surface area contributed by atoms with Gasteiger partial charge in [-0.05, 0) is 101 Å². The van der Waals surface area contributed by atoms with Crippen molar-refractivity contribution >= 4 is 34.9 Å². The van der Waals surface area contributed by atoms with Gasteiger partial charge in [-0.15, -0.1) is 0 Å². The number of anilines is 1. The Hall–Kier alpha value is -1.93. The lowest BCUT2D eigenvalue weighted by atomic mass is 9.94.